The molecule has 0 aliphatic carbocycles. The predicted octanol–water partition coefficient (Wildman–Crippen LogP) is 5.01. The molecule has 0 aromatic rings. The van der Waals surface area contributed by atoms with E-state index in [0.29, 0.717) is 0 Å². The Morgan fingerprint density at radius 1 is 0.520 bits per heavy atom. The average Bonchev–Trinajstić information content (AvgIpc) is 2.41. The zero-order chi connectivity index (χ0) is 20.7. The highest BCUT2D eigenvalue weighted by Crippen LogP contribution is 2.69. The van der Waals surface area contributed by atoms with Gasteiger partial charge in [0.2, 0.25) is 0 Å². The lowest BCUT2D eigenvalue weighted by Crippen LogP contribution is -2.75. The van der Waals surface area contributed by atoms with Gasteiger partial charge in [0.05, 0.1) is 0 Å². The summed E-state index contributed by atoms with van der Waals surface area (Å²) in [6.07, 6.45) is -22.9. The van der Waals surface area contributed by atoms with Gasteiger partial charge in [-0.3, -0.25) is 4.74 Å². The summed E-state index contributed by atoms with van der Waals surface area (Å²) in [6.45, 7) is 0. The number of ether oxygens (including phenoxy) is 1. The third-order valence-corrected chi connectivity index (χ3v) is 3.05. The van der Waals surface area contributed by atoms with E-state index in [-0.39, 0.29) is 0 Å². The second-order valence-corrected chi connectivity index (χ2v) is 4.59. The molecule has 0 N–H and O–H groups in total. The van der Waals surface area contributed by atoms with E-state index in [4.69, 9.17) is 0 Å². The number of halogens is 16. The van der Waals surface area contributed by atoms with Crippen LogP contribution in [0.1, 0.15) is 0 Å². The van der Waals surface area contributed by atoms with Crippen molar-refractivity contribution in [3.05, 3.63) is 0 Å². The van der Waals surface area contributed by atoms with E-state index in [9.17, 15) is 70.2 Å². The zero-order valence-corrected chi connectivity index (χ0v) is 10.5. The standard InChI is InChI=1S/C8F16O/c9-1(6(17,18)19,7(20,21)22)2(10,11)5(16)3(12,13)4(14,15)8(23,24)25-5. The quantitative estimate of drug-likeness (QED) is 0.575. The Hall–Kier alpha value is -1.16. The lowest BCUT2D eigenvalue weighted by Gasteiger charge is -2.42. The monoisotopic (exact) mass is 416 g/mol. The number of hydrogen-bond donors (Lipinski definition) is 0. The minimum absolute atomic E-state index is 1.58. The Morgan fingerprint density at radius 3 is 1.04 bits per heavy atom. The van der Waals surface area contributed by atoms with Crippen LogP contribution in [0.25, 0.3) is 0 Å². The number of rotatable bonds is 2. The fourth-order valence-corrected chi connectivity index (χ4v) is 1.69. The van der Waals surface area contributed by atoms with Gasteiger partial charge in [-0.1, -0.05) is 0 Å². The predicted molar refractivity (Wildman–Crippen MR) is 40.7 cm³/mol. The van der Waals surface area contributed by atoms with Crippen molar-refractivity contribution in [2.75, 3.05) is 0 Å². The minimum Gasteiger partial charge on any atom is -0.267 e. The maximum absolute atomic E-state index is 13.5. The molecule has 1 unspecified atom stereocenters. The molecule has 1 aliphatic rings. The fraction of sp³-hybridized carbons (Fsp3) is 1.00. The molecular formula is C8F16O. The van der Waals surface area contributed by atoms with Gasteiger partial charge in [0.25, 0.3) is 0 Å². The molecule has 0 saturated carbocycles. The lowest BCUT2D eigenvalue weighted by atomic mass is 9.86. The molecule has 17 heteroatoms. The Labute approximate surface area is 124 Å². The molecule has 1 nitrogen and oxygen atoms in total. The molecule has 0 bridgehead atoms. The number of hydrogen-bond acceptors (Lipinski definition) is 1. The van der Waals surface area contributed by atoms with Crippen LogP contribution in [0.4, 0.5) is 70.2 Å². The van der Waals surface area contributed by atoms with Gasteiger partial charge in [-0.05, 0) is 0 Å². The van der Waals surface area contributed by atoms with Crippen LogP contribution >= 0.6 is 0 Å². The normalized spacial score (nSPS) is 29.8. The molecule has 0 aromatic carbocycles. The number of alkyl halides is 16. The summed E-state index contributed by atoms with van der Waals surface area (Å²) < 4.78 is 204. The molecule has 1 atom stereocenters. The first kappa shape index (κ1) is 21.9. The smallest absolute Gasteiger partial charge is 0.267 e. The summed E-state index contributed by atoms with van der Waals surface area (Å²) >= 11 is 0. The second-order valence-electron chi connectivity index (χ2n) is 4.59. The molecule has 1 fully saturated rings. The van der Waals surface area contributed by atoms with E-state index in [1.165, 1.54) is 0 Å². The molecule has 0 radical (unpaired) electrons. The maximum atomic E-state index is 13.5. The molecular weight excluding hydrogens is 416 g/mol. The summed E-state index contributed by atoms with van der Waals surface area (Å²) in [5.41, 5.74) is -8.29. The van der Waals surface area contributed by atoms with Gasteiger partial charge < -0.3 is 0 Å². The molecule has 0 amide bonds. The van der Waals surface area contributed by atoms with Crippen molar-refractivity contribution in [1.29, 1.82) is 0 Å². The Bertz CT molecular complexity index is 527. The Balaban J connectivity index is 3.83. The Morgan fingerprint density at radius 2 is 0.840 bits per heavy atom. The Kier molecular flexibility index (Phi) is 4.17. The lowest BCUT2D eigenvalue weighted by molar-refractivity contribution is -0.464. The van der Waals surface area contributed by atoms with E-state index in [1.807, 2.05) is 0 Å². The van der Waals surface area contributed by atoms with Gasteiger partial charge in [-0.25, -0.2) is 4.39 Å². The van der Waals surface area contributed by atoms with Crippen molar-refractivity contribution >= 4 is 0 Å². The highest BCUT2D eigenvalue weighted by molar-refractivity contribution is 5.21. The summed E-state index contributed by atoms with van der Waals surface area (Å²) in [5, 5.41) is 0. The van der Waals surface area contributed by atoms with Gasteiger partial charge in [0.15, 0.2) is 0 Å². The van der Waals surface area contributed by atoms with E-state index in [2.05, 4.69) is 0 Å². The van der Waals surface area contributed by atoms with Crippen LogP contribution in [0.15, 0.2) is 0 Å². The first-order chi connectivity index (χ1) is 10.5. The van der Waals surface area contributed by atoms with Crippen molar-refractivity contribution in [2.45, 2.75) is 47.8 Å². The van der Waals surface area contributed by atoms with E-state index >= 15 is 0 Å². The molecule has 1 rings (SSSR count). The SMILES string of the molecule is FC(F)(F)C(F)(C(F)(F)F)C(F)(F)C1(F)OC(F)(F)C(F)(F)C1(F)F. The van der Waals surface area contributed by atoms with Gasteiger partial charge in [0, 0.05) is 0 Å². The largest absolute Gasteiger partial charge is 0.438 e. The van der Waals surface area contributed by atoms with Crippen LogP contribution in [0.3, 0.4) is 0 Å². The van der Waals surface area contributed by atoms with Crippen LogP contribution in [0.5, 0.6) is 0 Å². The molecule has 25 heavy (non-hydrogen) atoms. The molecule has 1 saturated heterocycles. The van der Waals surface area contributed by atoms with Crippen molar-refractivity contribution in [3.63, 3.8) is 0 Å². The van der Waals surface area contributed by atoms with E-state index in [1.54, 1.807) is 4.74 Å². The summed E-state index contributed by atoms with van der Waals surface area (Å²) in [6, 6.07) is 0. The zero-order valence-electron chi connectivity index (χ0n) is 10.5. The van der Waals surface area contributed by atoms with Gasteiger partial charge in [0.1, 0.15) is 0 Å². The van der Waals surface area contributed by atoms with Gasteiger partial charge >= 0.3 is 47.8 Å². The average molecular weight is 416 g/mol. The highest BCUT2D eigenvalue weighted by atomic mass is 19.4. The summed E-state index contributed by atoms with van der Waals surface area (Å²) in [4.78, 5) is 0. The van der Waals surface area contributed by atoms with Crippen molar-refractivity contribution in [3.8, 4) is 0 Å². The first-order valence-electron chi connectivity index (χ1n) is 5.18. The molecule has 150 valence electrons. The molecule has 1 heterocycles. The highest BCUT2D eigenvalue weighted by Gasteiger charge is 3.01. The van der Waals surface area contributed by atoms with E-state index in [0.717, 1.165) is 0 Å². The molecule has 0 aromatic heterocycles. The minimum atomic E-state index is -8.33. The van der Waals surface area contributed by atoms with Crippen molar-refractivity contribution < 1.29 is 75.0 Å². The van der Waals surface area contributed by atoms with Crippen LogP contribution in [0, 0.1) is 0 Å². The topological polar surface area (TPSA) is 9.23 Å². The summed E-state index contributed by atoms with van der Waals surface area (Å²) in [7, 11) is 0. The van der Waals surface area contributed by atoms with Gasteiger partial charge in [-0.2, -0.15) is 65.9 Å². The van der Waals surface area contributed by atoms with Crippen LogP contribution in [-0.2, 0) is 4.74 Å². The fourth-order valence-electron chi connectivity index (χ4n) is 1.69. The van der Waals surface area contributed by atoms with Crippen molar-refractivity contribution in [2.24, 2.45) is 0 Å². The first-order valence-corrected chi connectivity index (χ1v) is 5.18. The third-order valence-electron chi connectivity index (χ3n) is 3.05. The van der Waals surface area contributed by atoms with Gasteiger partial charge in [-0.15, -0.1) is 0 Å². The summed E-state index contributed by atoms with van der Waals surface area (Å²) in [5.74, 6) is -31.1. The second kappa shape index (κ2) is 4.76. The van der Waals surface area contributed by atoms with Crippen LogP contribution < -0.4 is 0 Å². The van der Waals surface area contributed by atoms with Crippen molar-refractivity contribution in [1.82, 2.24) is 0 Å². The van der Waals surface area contributed by atoms with Crippen LogP contribution in [0.2, 0.25) is 0 Å². The third kappa shape index (κ3) is 2.16. The molecule has 1 aliphatic heterocycles. The maximum Gasteiger partial charge on any atom is 0.438 e. The molecule has 0 spiro atoms. The van der Waals surface area contributed by atoms with Crippen LogP contribution in [-0.4, -0.2) is 47.8 Å². The van der Waals surface area contributed by atoms with E-state index < -0.39 is 47.8 Å².